The Morgan fingerprint density at radius 2 is 2.40 bits per heavy atom. The van der Waals surface area contributed by atoms with Crippen molar-refractivity contribution < 1.29 is 9.18 Å². The van der Waals surface area contributed by atoms with Gasteiger partial charge in [0.15, 0.2) is 0 Å². The molecule has 0 spiro atoms. The highest BCUT2D eigenvalue weighted by molar-refractivity contribution is 7.99. The smallest absolute Gasteiger partial charge is 0.239 e. The number of halogens is 1. The lowest BCUT2D eigenvalue weighted by atomic mass is 10.2. The maximum absolute atomic E-state index is 12.9. The quantitative estimate of drug-likeness (QED) is 0.720. The molecule has 5 heteroatoms. The number of rotatable bonds is 1. The van der Waals surface area contributed by atoms with Crippen molar-refractivity contribution in [3.05, 3.63) is 0 Å². The first-order valence-corrected chi connectivity index (χ1v) is 6.49. The summed E-state index contributed by atoms with van der Waals surface area (Å²) in [6.07, 6.45) is -0.507. The average Bonchev–Trinajstić information content (AvgIpc) is 2.64. The SMILES string of the molecule is CC1CN(C(=O)[C@H]2C[C@H](F)CN2)CCS1. The van der Waals surface area contributed by atoms with E-state index in [1.54, 1.807) is 0 Å². The van der Waals surface area contributed by atoms with Crippen molar-refractivity contribution in [1.29, 1.82) is 0 Å². The molecule has 15 heavy (non-hydrogen) atoms. The van der Waals surface area contributed by atoms with Crippen LogP contribution in [0.5, 0.6) is 0 Å². The number of nitrogens with one attached hydrogen (secondary N) is 1. The van der Waals surface area contributed by atoms with Crippen LogP contribution < -0.4 is 5.32 Å². The van der Waals surface area contributed by atoms with Crippen LogP contribution in [0.2, 0.25) is 0 Å². The minimum absolute atomic E-state index is 0.0855. The van der Waals surface area contributed by atoms with Gasteiger partial charge in [0.05, 0.1) is 6.04 Å². The first-order valence-electron chi connectivity index (χ1n) is 5.44. The predicted octanol–water partition coefficient (Wildman–Crippen LogP) is 0.650. The Bertz CT molecular complexity index is 252. The van der Waals surface area contributed by atoms with Crippen molar-refractivity contribution in [2.45, 2.75) is 30.8 Å². The molecule has 2 aliphatic heterocycles. The second-order valence-electron chi connectivity index (χ2n) is 4.26. The van der Waals surface area contributed by atoms with Gasteiger partial charge in [-0.1, -0.05) is 6.92 Å². The van der Waals surface area contributed by atoms with E-state index < -0.39 is 6.17 Å². The summed E-state index contributed by atoms with van der Waals surface area (Å²) in [5.41, 5.74) is 0. The minimum atomic E-state index is -0.851. The molecule has 0 aromatic carbocycles. The molecular weight excluding hydrogens is 215 g/mol. The van der Waals surface area contributed by atoms with Gasteiger partial charge in [-0.15, -0.1) is 0 Å². The monoisotopic (exact) mass is 232 g/mol. The first kappa shape index (κ1) is 11.2. The fraction of sp³-hybridized carbons (Fsp3) is 0.900. The third-order valence-corrected chi connectivity index (χ3v) is 4.06. The van der Waals surface area contributed by atoms with Crippen molar-refractivity contribution in [3.63, 3.8) is 0 Å². The highest BCUT2D eigenvalue weighted by atomic mass is 32.2. The van der Waals surface area contributed by atoms with Gasteiger partial charge in [-0.3, -0.25) is 4.79 Å². The van der Waals surface area contributed by atoms with E-state index >= 15 is 0 Å². The van der Waals surface area contributed by atoms with E-state index in [2.05, 4.69) is 12.2 Å². The largest absolute Gasteiger partial charge is 0.339 e. The van der Waals surface area contributed by atoms with E-state index in [0.29, 0.717) is 18.2 Å². The molecule has 0 bridgehead atoms. The van der Waals surface area contributed by atoms with Gasteiger partial charge >= 0.3 is 0 Å². The lowest BCUT2D eigenvalue weighted by Gasteiger charge is -2.32. The summed E-state index contributed by atoms with van der Waals surface area (Å²) in [6, 6.07) is -0.282. The Kier molecular flexibility index (Phi) is 3.51. The second kappa shape index (κ2) is 4.70. The molecule has 3 atom stereocenters. The zero-order valence-electron chi connectivity index (χ0n) is 8.91. The number of carbonyl (C=O) groups is 1. The van der Waals surface area contributed by atoms with E-state index in [-0.39, 0.29) is 11.9 Å². The van der Waals surface area contributed by atoms with Crippen LogP contribution >= 0.6 is 11.8 Å². The lowest BCUT2D eigenvalue weighted by Crippen LogP contribution is -2.48. The summed E-state index contributed by atoms with van der Waals surface area (Å²) in [6.45, 7) is 4.07. The lowest BCUT2D eigenvalue weighted by molar-refractivity contribution is -0.133. The Morgan fingerprint density at radius 1 is 1.60 bits per heavy atom. The molecule has 1 N–H and O–H groups in total. The average molecular weight is 232 g/mol. The maximum Gasteiger partial charge on any atom is 0.239 e. The van der Waals surface area contributed by atoms with Gasteiger partial charge in [0.2, 0.25) is 5.91 Å². The number of nitrogens with zero attached hydrogens (tertiary/aromatic N) is 1. The maximum atomic E-state index is 12.9. The Morgan fingerprint density at radius 3 is 3.00 bits per heavy atom. The Balaban J connectivity index is 1.89. The molecule has 0 aromatic heterocycles. The molecule has 1 amide bonds. The van der Waals surface area contributed by atoms with Crippen LogP contribution in [0, 0.1) is 0 Å². The van der Waals surface area contributed by atoms with Gasteiger partial charge < -0.3 is 10.2 Å². The number of thioether (sulfide) groups is 1. The van der Waals surface area contributed by atoms with Crippen LogP contribution in [0.3, 0.4) is 0 Å². The van der Waals surface area contributed by atoms with Crippen molar-refractivity contribution in [2.24, 2.45) is 0 Å². The molecule has 2 heterocycles. The van der Waals surface area contributed by atoms with Crippen LogP contribution in [0.15, 0.2) is 0 Å². The molecular formula is C10H17FN2OS. The summed E-state index contributed by atoms with van der Waals surface area (Å²) in [5.74, 6) is 1.08. The zero-order chi connectivity index (χ0) is 10.8. The minimum Gasteiger partial charge on any atom is -0.339 e. The van der Waals surface area contributed by atoms with Crippen molar-refractivity contribution in [3.8, 4) is 0 Å². The molecule has 3 nitrogen and oxygen atoms in total. The normalized spacial score (nSPS) is 36.9. The van der Waals surface area contributed by atoms with E-state index in [4.69, 9.17) is 0 Å². The van der Waals surface area contributed by atoms with Crippen LogP contribution in [0.25, 0.3) is 0 Å². The van der Waals surface area contributed by atoms with Gasteiger partial charge in [-0.05, 0) is 0 Å². The molecule has 1 unspecified atom stereocenters. The van der Waals surface area contributed by atoms with Crippen LogP contribution in [0.1, 0.15) is 13.3 Å². The zero-order valence-corrected chi connectivity index (χ0v) is 9.73. The number of carbonyl (C=O) groups excluding carboxylic acids is 1. The van der Waals surface area contributed by atoms with Gasteiger partial charge in [-0.2, -0.15) is 11.8 Å². The standard InChI is InChI=1S/C10H17FN2OS/c1-7-6-13(2-3-15-7)10(14)9-4-8(11)5-12-9/h7-9,12H,2-6H2,1H3/t7?,8-,9+/m0/s1. The number of alkyl halides is 1. The molecule has 2 saturated heterocycles. The van der Waals surface area contributed by atoms with E-state index in [1.807, 2.05) is 16.7 Å². The summed E-state index contributed by atoms with van der Waals surface area (Å²) in [7, 11) is 0. The molecule has 2 aliphatic rings. The summed E-state index contributed by atoms with van der Waals surface area (Å²) in [5, 5.41) is 3.45. The molecule has 2 rings (SSSR count). The Labute approximate surface area is 93.8 Å². The third-order valence-electron chi connectivity index (χ3n) is 2.93. The van der Waals surface area contributed by atoms with Gasteiger partial charge in [0, 0.05) is 37.1 Å². The number of hydrogen-bond acceptors (Lipinski definition) is 3. The van der Waals surface area contributed by atoms with Gasteiger partial charge in [0.25, 0.3) is 0 Å². The fourth-order valence-corrected chi connectivity index (χ4v) is 3.13. The Hall–Kier alpha value is -0.290. The summed E-state index contributed by atoms with van der Waals surface area (Å²) in [4.78, 5) is 13.9. The van der Waals surface area contributed by atoms with Gasteiger partial charge in [0.1, 0.15) is 6.17 Å². The van der Waals surface area contributed by atoms with Crippen LogP contribution in [-0.2, 0) is 4.79 Å². The van der Waals surface area contributed by atoms with Crippen molar-refractivity contribution >= 4 is 17.7 Å². The van der Waals surface area contributed by atoms with Crippen LogP contribution in [0.4, 0.5) is 4.39 Å². The van der Waals surface area contributed by atoms with E-state index in [9.17, 15) is 9.18 Å². The number of hydrogen-bond donors (Lipinski definition) is 1. The fourth-order valence-electron chi connectivity index (χ4n) is 2.12. The molecule has 0 radical (unpaired) electrons. The van der Waals surface area contributed by atoms with E-state index in [1.165, 1.54) is 0 Å². The van der Waals surface area contributed by atoms with Crippen molar-refractivity contribution in [1.82, 2.24) is 10.2 Å². The number of amides is 1. The molecule has 0 aliphatic carbocycles. The highest BCUT2D eigenvalue weighted by Crippen LogP contribution is 2.20. The van der Waals surface area contributed by atoms with Crippen LogP contribution in [-0.4, -0.2) is 53.7 Å². The molecule has 2 fully saturated rings. The molecule has 86 valence electrons. The molecule has 0 aromatic rings. The highest BCUT2D eigenvalue weighted by Gasteiger charge is 2.33. The predicted molar refractivity (Wildman–Crippen MR) is 59.8 cm³/mol. The summed E-state index contributed by atoms with van der Waals surface area (Å²) < 4.78 is 12.9. The second-order valence-corrected chi connectivity index (χ2v) is 5.81. The third kappa shape index (κ3) is 2.64. The molecule has 0 saturated carbocycles. The van der Waals surface area contributed by atoms with E-state index in [0.717, 1.165) is 18.8 Å². The first-order chi connectivity index (χ1) is 7.16. The topological polar surface area (TPSA) is 32.3 Å². The van der Waals surface area contributed by atoms with Crippen molar-refractivity contribution in [2.75, 3.05) is 25.4 Å². The summed E-state index contributed by atoms with van der Waals surface area (Å²) >= 11 is 1.89. The van der Waals surface area contributed by atoms with Gasteiger partial charge in [-0.25, -0.2) is 4.39 Å².